The third-order valence-electron chi connectivity index (χ3n) is 9.16. The first-order valence-corrected chi connectivity index (χ1v) is 14.1. The van der Waals surface area contributed by atoms with Crippen molar-refractivity contribution in [3.63, 3.8) is 0 Å². The van der Waals surface area contributed by atoms with Crippen LogP contribution in [0.4, 0.5) is 0 Å². The van der Waals surface area contributed by atoms with Crippen molar-refractivity contribution in [3.05, 3.63) is 148 Å². The van der Waals surface area contributed by atoms with Crippen LogP contribution >= 0.6 is 0 Å². The van der Waals surface area contributed by atoms with E-state index in [0.717, 1.165) is 16.7 Å². The summed E-state index contributed by atoms with van der Waals surface area (Å²) in [5.41, 5.74) is 18.6. The van der Waals surface area contributed by atoms with Crippen LogP contribution in [0.3, 0.4) is 0 Å². The van der Waals surface area contributed by atoms with E-state index in [9.17, 15) is 0 Å². The normalized spacial score (nSPS) is 14.8. The lowest BCUT2D eigenvalue weighted by Gasteiger charge is -2.39. The Labute approximate surface area is 239 Å². The van der Waals surface area contributed by atoms with Crippen LogP contribution in [0.15, 0.2) is 109 Å². The van der Waals surface area contributed by atoms with E-state index in [0.29, 0.717) is 0 Å². The predicted octanol–water partition coefficient (Wildman–Crippen LogP) is 6.86. The third kappa shape index (κ3) is 2.90. The number of nitrogens with one attached hydrogen (secondary N) is 1. The van der Waals surface area contributed by atoms with Crippen LogP contribution in [0.25, 0.3) is 51.0 Å². The van der Waals surface area contributed by atoms with Gasteiger partial charge in [0.05, 0.1) is 16.6 Å². The highest BCUT2D eigenvalue weighted by Gasteiger charge is 2.50. The molecule has 0 saturated carbocycles. The summed E-state index contributed by atoms with van der Waals surface area (Å²) >= 11 is 0. The minimum absolute atomic E-state index is 0.0835. The second-order valence-corrected chi connectivity index (χ2v) is 11.0. The highest BCUT2D eigenvalue weighted by atomic mass is 15.0. The molecule has 196 valence electrons. The van der Waals surface area contributed by atoms with Crippen LogP contribution in [0, 0.1) is 5.41 Å². The monoisotopic (exact) mass is 527 g/mol. The summed E-state index contributed by atoms with van der Waals surface area (Å²) in [6.07, 6.45) is 4.49. The molecule has 1 aliphatic carbocycles. The van der Waals surface area contributed by atoms with Gasteiger partial charge in [0.25, 0.3) is 0 Å². The molecule has 1 aromatic heterocycles. The number of amidine groups is 1. The molecular weight excluding hydrogens is 498 g/mol. The average molecular weight is 528 g/mol. The Morgan fingerprint density at radius 2 is 1.32 bits per heavy atom. The molecule has 41 heavy (non-hydrogen) atoms. The quantitative estimate of drug-likeness (QED) is 0.187. The fraction of sp³-hybridized carbons (Fsp3) is 0.0789. The Bertz CT molecular complexity index is 2150. The van der Waals surface area contributed by atoms with Gasteiger partial charge in [-0.15, -0.1) is 0 Å². The molecule has 2 aliphatic rings. The summed E-state index contributed by atoms with van der Waals surface area (Å²) in [5, 5.41) is 11.6. The summed E-state index contributed by atoms with van der Waals surface area (Å²) in [6, 6.07) is 39.7. The molecular formula is C38H29N3. The van der Waals surface area contributed by atoms with Crippen LogP contribution in [0.2, 0.25) is 0 Å². The molecule has 2 heterocycles. The second-order valence-electron chi connectivity index (χ2n) is 11.0. The zero-order chi connectivity index (χ0) is 27.9. The molecule has 3 N–H and O–H groups in total. The Kier molecular flexibility index (Phi) is 4.87. The highest BCUT2D eigenvalue weighted by molar-refractivity contribution is 5.98. The van der Waals surface area contributed by atoms with Crippen molar-refractivity contribution in [2.24, 2.45) is 5.73 Å². The van der Waals surface area contributed by atoms with E-state index in [-0.39, 0.29) is 5.84 Å². The number of nitrogens with two attached hydrogens (primary N) is 1. The number of rotatable bonds is 2. The van der Waals surface area contributed by atoms with Crippen molar-refractivity contribution >= 4 is 28.9 Å². The van der Waals surface area contributed by atoms with E-state index in [4.69, 9.17) is 11.1 Å². The average Bonchev–Trinajstić information content (AvgIpc) is 3.51. The molecule has 6 aromatic rings. The molecule has 3 nitrogen and oxygen atoms in total. The van der Waals surface area contributed by atoms with Crippen molar-refractivity contribution in [3.8, 4) is 27.9 Å². The van der Waals surface area contributed by atoms with Gasteiger partial charge in [0, 0.05) is 21.5 Å². The highest BCUT2D eigenvalue weighted by Crippen LogP contribution is 2.60. The molecule has 0 bridgehead atoms. The van der Waals surface area contributed by atoms with Crippen molar-refractivity contribution in [1.82, 2.24) is 4.57 Å². The number of hydrogen-bond donors (Lipinski definition) is 2. The van der Waals surface area contributed by atoms with Gasteiger partial charge in [-0.3, -0.25) is 5.41 Å². The van der Waals surface area contributed by atoms with Crippen molar-refractivity contribution in [2.75, 3.05) is 0 Å². The van der Waals surface area contributed by atoms with E-state index < -0.39 is 5.41 Å². The first-order chi connectivity index (χ1) is 20.1. The van der Waals surface area contributed by atoms with Gasteiger partial charge in [0.2, 0.25) is 0 Å². The maximum atomic E-state index is 7.83. The van der Waals surface area contributed by atoms with Gasteiger partial charge in [-0.25, -0.2) is 0 Å². The van der Waals surface area contributed by atoms with Crippen molar-refractivity contribution in [2.45, 2.75) is 19.3 Å². The SMILES string of the molecule is C/C=c1\c(=C/C)n2c3c(cccc13)C1(c3ccccc3-c3ccccc31)c1cc(-c3ccc(C(=N)N)cc3)ccc1-2. The van der Waals surface area contributed by atoms with E-state index in [2.05, 4.69) is 128 Å². The van der Waals surface area contributed by atoms with Crippen LogP contribution < -0.4 is 16.3 Å². The van der Waals surface area contributed by atoms with Crippen LogP contribution in [0.1, 0.15) is 41.7 Å². The summed E-state index contributed by atoms with van der Waals surface area (Å²) in [5.74, 6) is 0.0835. The van der Waals surface area contributed by atoms with Gasteiger partial charge < -0.3 is 10.3 Å². The minimum Gasteiger partial charge on any atom is -0.384 e. The molecule has 3 heteroatoms. The van der Waals surface area contributed by atoms with Crippen molar-refractivity contribution < 1.29 is 0 Å². The number of nitrogens with zero attached hydrogens (tertiary/aromatic N) is 1. The Morgan fingerprint density at radius 3 is 1.95 bits per heavy atom. The van der Waals surface area contributed by atoms with E-state index >= 15 is 0 Å². The summed E-state index contributed by atoms with van der Waals surface area (Å²) in [6.45, 7) is 4.28. The first-order valence-electron chi connectivity index (χ1n) is 14.1. The molecule has 0 fully saturated rings. The Hall–Kier alpha value is -5.15. The van der Waals surface area contributed by atoms with Crippen molar-refractivity contribution in [1.29, 1.82) is 5.41 Å². The van der Waals surface area contributed by atoms with Gasteiger partial charge in [0.1, 0.15) is 5.84 Å². The molecule has 5 aromatic carbocycles. The number of aromatic nitrogens is 1. The van der Waals surface area contributed by atoms with Crippen LogP contribution in [-0.2, 0) is 5.41 Å². The second kappa shape index (κ2) is 8.42. The maximum Gasteiger partial charge on any atom is 0.122 e. The summed E-state index contributed by atoms with van der Waals surface area (Å²) < 4.78 is 2.48. The van der Waals surface area contributed by atoms with Gasteiger partial charge in [-0.2, -0.15) is 0 Å². The maximum absolute atomic E-state index is 7.83. The lowest BCUT2D eigenvalue weighted by molar-refractivity contribution is 0.742. The number of benzene rings is 5. The lowest BCUT2D eigenvalue weighted by atomic mass is 9.65. The predicted molar refractivity (Wildman–Crippen MR) is 170 cm³/mol. The fourth-order valence-electron chi connectivity index (χ4n) is 7.54. The lowest BCUT2D eigenvalue weighted by Crippen LogP contribution is -2.36. The largest absolute Gasteiger partial charge is 0.384 e. The van der Waals surface area contributed by atoms with Gasteiger partial charge >= 0.3 is 0 Å². The van der Waals surface area contributed by atoms with Gasteiger partial charge in [0.15, 0.2) is 0 Å². The topological polar surface area (TPSA) is 54.8 Å². The molecule has 0 radical (unpaired) electrons. The molecule has 1 spiro atoms. The van der Waals surface area contributed by atoms with Gasteiger partial charge in [-0.05, 0) is 70.5 Å². The van der Waals surface area contributed by atoms with E-state index in [1.165, 1.54) is 60.5 Å². The summed E-state index contributed by atoms with van der Waals surface area (Å²) in [7, 11) is 0. The molecule has 8 rings (SSSR count). The van der Waals surface area contributed by atoms with Crippen LogP contribution in [-0.4, -0.2) is 10.4 Å². The summed E-state index contributed by atoms with van der Waals surface area (Å²) in [4.78, 5) is 0. The smallest absolute Gasteiger partial charge is 0.122 e. The molecule has 0 atom stereocenters. The van der Waals surface area contributed by atoms with E-state index in [1.807, 2.05) is 12.1 Å². The van der Waals surface area contributed by atoms with Gasteiger partial charge in [-0.1, -0.05) is 109 Å². The third-order valence-corrected chi connectivity index (χ3v) is 9.16. The fourth-order valence-corrected chi connectivity index (χ4v) is 7.54. The Balaban J connectivity index is 1.58. The number of para-hydroxylation sites is 1. The number of hydrogen-bond acceptors (Lipinski definition) is 1. The molecule has 0 unspecified atom stereocenters. The van der Waals surface area contributed by atoms with Crippen LogP contribution in [0.5, 0.6) is 0 Å². The Morgan fingerprint density at radius 1 is 0.683 bits per heavy atom. The standard InChI is InChI=1S/C38H29N3/c1-3-26-29-12-9-15-32-36(29)41(34(26)4-2)35-21-20-25(23-16-18-24(19-17-23)37(39)40)22-33(35)38(32)30-13-7-5-10-27(30)28-11-6-8-14-31(28)38/h3-22H,1-2H3,(H3,39,40)/b26-3-,34-4+. The first kappa shape index (κ1) is 23.7. The number of nitrogen functional groups attached to an aromatic ring is 1. The zero-order valence-electron chi connectivity index (χ0n) is 23.1. The molecule has 0 saturated heterocycles. The molecule has 0 amide bonds. The minimum atomic E-state index is -0.457. The number of fused-ring (bicyclic) bond motifs is 9. The molecule has 1 aliphatic heterocycles. The van der Waals surface area contributed by atoms with E-state index in [1.54, 1.807) is 0 Å². The zero-order valence-corrected chi connectivity index (χ0v) is 23.1.